The van der Waals surface area contributed by atoms with Crippen LogP contribution in [-0.2, 0) is 12.8 Å². The highest BCUT2D eigenvalue weighted by atomic mass is 16.5. The maximum atomic E-state index is 12.8. The summed E-state index contributed by atoms with van der Waals surface area (Å²) in [5.74, 6) is 0.900. The molecule has 0 spiro atoms. The molecule has 2 aromatic heterocycles. The van der Waals surface area contributed by atoms with Crippen molar-refractivity contribution in [1.29, 1.82) is 0 Å². The number of hydrogen-bond donors (Lipinski definition) is 1. The van der Waals surface area contributed by atoms with Crippen LogP contribution in [0.4, 0.5) is 5.95 Å². The first-order valence-electron chi connectivity index (χ1n) is 8.82. The van der Waals surface area contributed by atoms with E-state index in [1.807, 2.05) is 4.90 Å². The van der Waals surface area contributed by atoms with E-state index in [-0.39, 0.29) is 17.0 Å². The van der Waals surface area contributed by atoms with E-state index in [0.29, 0.717) is 38.0 Å². The third-order valence-corrected chi connectivity index (χ3v) is 4.99. The summed E-state index contributed by atoms with van der Waals surface area (Å²) in [6.45, 7) is 2.27. The van der Waals surface area contributed by atoms with Gasteiger partial charge in [0.1, 0.15) is 5.56 Å². The van der Waals surface area contributed by atoms with Crippen molar-refractivity contribution in [1.82, 2.24) is 19.9 Å². The summed E-state index contributed by atoms with van der Waals surface area (Å²) in [4.78, 5) is 40.3. The van der Waals surface area contributed by atoms with Crippen LogP contribution in [0.2, 0.25) is 0 Å². The van der Waals surface area contributed by atoms with E-state index in [4.69, 9.17) is 4.74 Å². The second-order valence-electron chi connectivity index (χ2n) is 6.55. The number of fused-ring (bicyclic) bond motifs is 1. The van der Waals surface area contributed by atoms with Crippen molar-refractivity contribution in [3.63, 3.8) is 0 Å². The second-order valence-corrected chi connectivity index (χ2v) is 6.55. The summed E-state index contributed by atoms with van der Waals surface area (Å²) in [6.07, 6.45) is 4.50. The van der Waals surface area contributed by atoms with E-state index in [1.165, 1.54) is 0 Å². The molecule has 4 rings (SSSR count). The van der Waals surface area contributed by atoms with Crippen LogP contribution < -0.4 is 15.2 Å². The fraction of sp³-hybridized carbons (Fsp3) is 0.444. The van der Waals surface area contributed by atoms with Crippen molar-refractivity contribution in [3.05, 3.63) is 45.5 Å². The molecule has 2 aliphatic rings. The topological polar surface area (TPSA) is 91.4 Å². The van der Waals surface area contributed by atoms with Crippen LogP contribution in [0.15, 0.2) is 23.1 Å². The molecule has 3 heterocycles. The molecular formula is C18H21N5O3. The van der Waals surface area contributed by atoms with Gasteiger partial charge in [0.15, 0.2) is 0 Å². The van der Waals surface area contributed by atoms with Gasteiger partial charge in [-0.2, -0.15) is 4.98 Å². The van der Waals surface area contributed by atoms with E-state index < -0.39 is 0 Å². The average Bonchev–Trinajstić information content (AvgIpc) is 3.14. The number of anilines is 1. The number of nitrogens with zero attached hydrogens (tertiary/aromatic N) is 4. The Hall–Kier alpha value is -2.90. The van der Waals surface area contributed by atoms with Crippen LogP contribution in [0.25, 0.3) is 0 Å². The lowest BCUT2D eigenvalue weighted by atomic mass is 10.1. The molecule has 0 saturated carbocycles. The Bertz CT molecular complexity index is 887. The Morgan fingerprint density at radius 3 is 2.81 bits per heavy atom. The summed E-state index contributed by atoms with van der Waals surface area (Å²) >= 11 is 0. The van der Waals surface area contributed by atoms with E-state index in [0.717, 1.165) is 30.5 Å². The van der Waals surface area contributed by atoms with Crippen LogP contribution in [-0.4, -0.2) is 59.0 Å². The van der Waals surface area contributed by atoms with E-state index in [9.17, 15) is 9.59 Å². The number of carbonyl (C=O) groups is 1. The number of nitrogens with one attached hydrogen (secondary N) is 1. The number of rotatable bonds is 3. The van der Waals surface area contributed by atoms with E-state index >= 15 is 0 Å². The van der Waals surface area contributed by atoms with Gasteiger partial charge in [-0.25, -0.2) is 4.98 Å². The van der Waals surface area contributed by atoms with Gasteiger partial charge in [-0.3, -0.25) is 9.59 Å². The number of aromatic amines is 1. The van der Waals surface area contributed by atoms with Gasteiger partial charge in [-0.1, -0.05) is 0 Å². The zero-order valence-corrected chi connectivity index (χ0v) is 14.7. The van der Waals surface area contributed by atoms with Crippen LogP contribution in [0.5, 0.6) is 5.88 Å². The fourth-order valence-electron chi connectivity index (χ4n) is 3.55. The Morgan fingerprint density at radius 1 is 1.23 bits per heavy atom. The lowest BCUT2D eigenvalue weighted by Crippen LogP contribution is -2.50. The Morgan fingerprint density at radius 2 is 2.04 bits per heavy atom. The maximum absolute atomic E-state index is 12.8. The largest absolute Gasteiger partial charge is 0.481 e. The number of aromatic nitrogens is 3. The molecule has 0 atom stereocenters. The molecule has 8 heteroatoms. The van der Waals surface area contributed by atoms with Gasteiger partial charge in [0.05, 0.1) is 7.11 Å². The van der Waals surface area contributed by atoms with Crippen molar-refractivity contribution < 1.29 is 9.53 Å². The Balaban J connectivity index is 1.46. The lowest BCUT2D eigenvalue weighted by Gasteiger charge is -2.34. The molecule has 1 aliphatic carbocycles. The van der Waals surface area contributed by atoms with Gasteiger partial charge in [0.2, 0.25) is 11.8 Å². The molecule has 1 aliphatic heterocycles. The SMILES string of the molecule is COc1ccnc(N2CCN(C(=O)c3cc4c([nH]c3=O)CCC4)CC2)n1. The lowest BCUT2D eigenvalue weighted by molar-refractivity contribution is 0.0744. The average molecular weight is 355 g/mol. The molecular weight excluding hydrogens is 334 g/mol. The molecule has 2 aromatic rings. The first kappa shape index (κ1) is 16.6. The van der Waals surface area contributed by atoms with Gasteiger partial charge in [-0.15, -0.1) is 0 Å². The summed E-state index contributed by atoms with van der Waals surface area (Å²) in [7, 11) is 1.57. The zero-order valence-electron chi connectivity index (χ0n) is 14.7. The van der Waals surface area contributed by atoms with Gasteiger partial charge in [0, 0.05) is 44.1 Å². The highest BCUT2D eigenvalue weighted by molar-refractivity contribution is 5.94. The minimum absolute atomic E-state index is 0.202. The number of methoxy groups -OCH3 is 1. The second kappa shape index (κ2) is 6.78. The third-order valence-electron chi connectivity index (χ3n) is 4.99. The molecule has 26 heavy (non-hydrogen) atoms. The van der Waals surface area contributed by atoms with Crippen molar-refractivity contribution in [2.24, 2.45) is 0 Å². The van der Waals surface area contributed by atoms with Crippen molar-refractivity contribution in [2.45, 2.75) is 19.3 Å². The number of piperazine rings is 1. The molecule has 1 saturated heterocycles. The van der Waals surface area contributed by atoms with Crippen molar-refractivity contribution >= 4 is 11.9 Å². The molecule has 0 unspecified atom stereocenters. The van der Waals surface area contributed by atoms with E-state index in [2.05, 4.69) is 15.0 Å². The number of pyridine rings is 1. The minimum Gasteiger partial charge on any atom is -0.481 e. The maximum Gasteiger partial charge on any atom is 0.261 e. The zero-order chi connectivity index (χ0) is 18.1. The third kappa shape index (κ3) is 3.02. The summed E-state index contributed by atoms with van der Waals surface area (Å²) in [5, 5.41) is 0. The number of aryl methyl sites for hydroxylation is 2. The van der Waals surface area contributed by atoms with Crippen LogP contribution in [0.3, 0.4) is 0 Å². The Kier molecular flexibility index (Phi) is 4.32. The molecule has 0 bridgehead atoms. The number of H-pyrrole nitrogens is 1. The molecule has 1 amide bonds. The van der Waals surface area contributed by atoms with Gasteiger partial charge >= 0.3 is 0 Å². The van der Waals surface area contributed by atoms with E-state index in [1.54, 1.807) is 30.3 Å². The number of ether oxygens (including phenoxy) is 1. The van der Waals surface area contributed by atoms with Crippen molar-refractivity contribution in [2.75, 3.05) is 38.2 Å². The standard InChI is InChI=1S/C18H21N5O3/c1-26-15-5-6-19-18(21-15)23-9-7-22(8-10-23)17(25)13-11-12-3-2-4-14(12)20-16(13)24/h5-6,11H,2-4,7-10H2,1H3,(H,20,24). The molecule has 0 aromatic carbocycles. The normalized spacial score (nSPS) is 16.5. The number of carbonyl (C=O) groups excluding carboxylic acids is 1. The smallest absolute Gasteiger partial charge is 0.261 e. The fourth-order valence-corrected chi connectivity index (χ4v) is 3.55. The molecule has 136 valence electrons. The Labute approximate surface area is 150 Å². The quantitative estimate of drug-likeness (QED) is 0.868. The van der Waals surface area contributed by atoms with Crippen LogP contribution in [0.1, 0.15) is 28.0 Å². The van der Waals surface area contributed by atoms with Crippen LogP contribution >= 0.6 is 0 Å². The highest BCUT2D eigenvalue weighted by Gasteiger charge is 2.26. The molecule has 1 N–H and O–H groups in total. The predicted molar refractivity (Wildman–Crippen MR) is 95.8 cm³/mol. The predicted octanol–water partition coefficient (Wildman–Crippen LogP) is 0.625. The monoisotopic (exact) mass is 355 g/mol. The molecule has 1 fully saturated rings. The van der Waals surface area contributed by atoms with Crippen LogP contribution in [0, 0.1) is 0 Å². The summed E-state index contributed by atoms with van der Waals surface area (Å²) in [6, 6.07) is 3.48. The minimum atomic E-state index is -0.283. The first-order chi connectivity index (χ1) is 12.7. The molecule has 8 nitrogen and oxygen atoms in total. The highest BCUT2D eigenvalue weighted by Crippen LogP contribution is 2.20. The number of hydrogen-bond acceptors (Lipinski definition) is 6. The molecule has 0 radical (unpaired) electrons. The summed E-state index contributed by atoms with van der Waals surface area (Å²) < 4.78 is 5.13. The first-order valence-corrected chi connectivity index (χ1v) is 8.82. The number of amides is 1. The van der Waals surface area contributed by atoms with Crippen molar-refractivity contribution in [3.8, 4) is 5.88 Å². The summed E-state index contributed by atoms with van der Waals surface area (Å²) in [5.41, 5.74) is 2.04. The van der Waals surface area contributed by atoms with Gasteiger partial charge in [0.25, 0.3) is 11.5 Å². The van der Waals surface area contributed by atoms with Gasteiger partial charge < -0.3 is 19.5 Å². The van der Waals surface area contributed by atoms with Gasteiger partial charge in [-0.05, 0) is 30.9 Å².